The first-order valence-electron chi connectivity index (χ1n) is 6.13. The zero-order chi connectivity index (χ0) is 10.7. The van der Waals surface area contributed by atoms with Crippen molar-refractivity contribution in [3.8, 4) is 0 Å². The Balaban J connectivity index is 2.07. The molecule has 1 aromatic rings. The summed E-state index contributed by atoms with van der Waals surface area (Å²) in [7, 11) is 2.23. The molecular weight excluding hydrogens is 182 g/mol. The van der Waals surface area contributed by atoms with E-state index in [1.807, 2.05) is 0 Å². The molecule has 1 saturated carbocycles. The highest BCUT2D eigenvalue weighted by atomic mass is 15.1. The lowest BCUT2D eigenvalue weighted by atomic mass is 10.1. The van der Waals surface area contributed by atoms with Gasteiger partial charge in [0, 0.05) is 18.8 Å². The second kappa shape index (κ2) is 4.69. The highest BCUT2D eigenvalue weighted by molar-refractivity contribution is 5.48. The van der Waals surface area contributed by atoms with Crippen LogP contribution in [-0.2, 0) is 6.42 Å². The third-order valence-electron chi connectivity index (χ3n) is 3.62. The van der Waals surface area contributed by atoms with Gasteiger partial charge in [0.25, 0.3) is 0 Å². The average Bonchev–Trinajstić information content (AvgIpc) is 2.82. The van der Waals surface area contributed by atoms with Gasteiger partial charge in [-0.3, -0.25) is 0 Å². The predicted octanol–water partition coefficient (Wildman–Crippen LogP) is 3.63. The van der Waals surface area contributed by atoms with Crippen molar-refractivity contribution in [2.75, 3.05) is 11.9 Å². The molecule has 1 fully saturated rings. The lowest BCUT2D eigenvalue weighted by Gasteiger charge is -2.26. The van der Waals surface area contributed by atoms with E-state index in [9.17, 15) is 0 Å². The Morgan fingerprint density at radius 1 is 1.13 bits per heavy atom. The van der Waals surface area contributed by atoms with E-state index in [4.69, 9.17) is 0 Å². The second-order valence-electron chi connectivity index (χ2n) is 4.57. The first-order chi connectivity index (χ1) is 7.31. The molecule has 0 heterocycles. The molecule has 0 N–H and O–H groups in total. The molecule has 2 rings (SSSR count). The van der Waals surface area contributed by atoms with Crippen LogP contribution in [0.2, 0.25) is 0 Å². The van der Waals surface area contributed by atoms with Crippen molar-refractivity contribution in [3.05, 3.63) is 29.8 Å². The standard InChI is InChI=1S/C14H21N/c1-3-12-8-10-14(11-9-12)15(2)13-6-4-5-7-13/h8-11,13H,3-7H2,1-2H3. The van der Waals surface area contributed by atoms with Gasteiger partial charge in [0.2, 0.25) is 0 Å². The second-order valence-corrected chi connectivity index (χ2v) is 4.57. The van der Waals surface area contributed by atoms with Crippen LogP contribution in [0.15, 0.2) is 24.3 Å². The van der Waals surface area contributed by atoms with Gasteiger partial charge in [0.05, 0.1) is 0 Å². The van der Waals surface area contributed by atoms with Crippen LogP contribution in [0.5, 0.6) is 0 Å². The number of nitrogens with zero attached hydrogens (tertiary/aromatic N) is 1. The number of hydrogen-bond donors (Lipinski definition) is 0. The normalized spacial score (nSPS) is 16.9. The highest BCUT2D eigenvalue weighted by Gasteiger charge is 2.19. The maximum atomic E-state index is 2.45. The first kappa shape index (κ1) is 10.5. The predicted molar refractivity (Wildman–Crippen MR) is 66.5 cm³/mol. The van der Waals surface area contributed by atoms with E-state index in [2.05, 4.69) is 43.1 Å². The molecule has 0 aliphatic heterocycles. The van der Waals surface area contributed by atoms with Crippen LogP contribution in [-0.4, -0.2) is 13.1 Å². The number of aryl methyl sites for hydroxylation is 1. The Bertz CT molecular complexity index is 296. The van der Waals surface area contributed by atoms with Crippen molar-refractivity contribution in [1.29, 1.82) is 0 Å². The largest absolute Gasteiger partial charge is 0.372 e. The summed E-state index contributed by atoms with van der Waals surface area (Å²) in [5.74, 6) is 0. The van der Waals surface area contributed by atoms with E-state index in [0.717, 1.165) is 12.5 Å². The van der Waals surface area contributed by atoms with Crippen LogP contribution in [0, 0.1) is 0 Å². The van der Waals surface area contributed by atoms with Gasteiger partial charge < -0.3 is 4.90 Å². The molecule has 0 amide bonds. The Hall–Kier alpha value is -0.980. The fourth-order valence-corrected chi connectivity index (χ4v) is 2.47. The Kier molecular flexibility index (Phi) is 3.30. The molecule has 1 aliphatic carbocycles. The van der Waals surface area contributed by atoms with E-state index in [1.165, 1.54) is 36.9 Å². The summed E-state index contributed by atoms with van der Waals surface area (Å²) in [6.07, 6.45) is 6.68. The van der Waals surface area contributed by atoms with E-state index in [-0.39, 0.29) is 0 Å². The molecule has 1 aromatic carbocycles. The molecule has 1 aliphatic rings. The molecule has 0 radical (unpaired) electrons. The summed E-state index contributed by atoms with van der Waals surface area (Å²) in [5.41, 5.74) is 2.80. The zero-order valence-corrected chi connectivity index (χ0v) is 9.87. The van der Waals surface area contributed by atoms with Crippen LogP contribution < -0.4 is 4.90 Å². The van der Waals surface area contributed by atoms with Crippen LogP contribution in [0.25, 0.3) is 0 Å². The number of benzene rings is 1. The number of hydrogen-bond acceptors (Lipinski definition) is 1. The summed E-state index contributed by atoms with van der Waals surface area (Å²) in [5, 5.41) is 0. The van der Waals surface area contributed by atoms with E-state index < -0.39 is 0 Å². The molecule has 0 spiro atoms. The van der Waals surface area contributed by atoms with Gasteiger partial charge in [-0.25, -0.2) is 0 Å². The van der Waals surface area contributed by atoms with Gasteiger partial charge >= 0.3 is 0 Å². The van der Waals surface area contributed by atoms with Crippen LogP contribution >= 0.6 is 0 Å². The molecule has 0 atom stereocenters. The van der Waals surface area contributed by atoms with Crippen LogP contribution in [0.1, 0.15) is 38.2 Å². The molecule has 1 nitrogen and oxygen atoms in total. The van der Waals surface area contributed by atoms with Crippen molar-refractivity contribution in [2.24, 2.45) is 0 Å². The average molecular weight is 203 g/mol. The number of anilines is 1. The molecule has 15 heavy (non-hydrogen) atoms. The SMILES string of the molecule is CCc1ccc(N(C)C2CCCC2)cc1. The monoisotopic (exact) mass is 203 g/mol. The fraction of sp³-hybridized carbons (Fsp3) is 0.571. The van der Waals surface area contributed by atoms with E-state index in [1.54, 1.807) is 0 Å². The summed E-state index contributed by atoms with van der Waals surface area (Å²) in [4.78, 5) is 2.45. The fourth-order valence-electron chi connectivity index (χ4n) is 2.47. The summed E-state index contributed by atoms with van der Waals surface area (Å²) in [6.45, 7) is 2.20. The minimum absolute atomic E-state index is 0.775. The maximum absolute atomic E-state index is 2.45. The maximum Gasteiger partial charge on any atom is 0.0366 e. The zero-order valence-electron chi connectivity index (χ0n) is 9.87. The van der Waals surface area contributed by atoms with Gasteiger partial charge in [-0.1, -0.05) is 31.9 Å². The van der Waals surface area contributed by atoms with Gasteiger partial charge in [0.1, 0.15) is 0 Å². The van der Waals surface area contributed by atoms with E-state index in [0.29, 0.717) is 0 Å². The molecular formula is C14H21N. The molecule has 82 valence electrons. The molecule has 1 heteroatoms. The molecule has 0 bridgehead atoms. The van der Waals surface area contributed by atoms with E-state index >= 15 is 0 Å². The van der Waals surface area contributed by atoms with Crippen molar-refractivity contribution in [2.45, 2.75) is 45.1 Å². The smallest absolute Gasteiger partial charge is 0.0366 e. The topological polar surface area (TPSA) is 3.24 Å². The lowest BCUT2D eigenvalue weighted by molar-refractivity contribution is 0.653. The highest BCUT2D eigenvalue weighted by Crippen LogP contribution is 2.26. The minimum Gasteiger partial charge on any atom is -0.372 e. The quantitative estimate of drug-likeness (QED) is 0.725. The summed E-state index contributed by atoms with van der Waals surface area (Å²) >= 11 is 0. The van der Waals surface area contributed by atoms with Gasteiger partial charge in [-0.2, -0.15) is 0 Å². The Morgan fingerprint density at radius 3 is 2.27 bits per heavy atom. The first-order valence-corrected chi connectivity index (χ1v) is 6.13. The van der Waals surface area contributed by atoms with Crippen molar-refractivity contribution in [1.82, 2.24) is 0 Å². The van der Waals surface area contributed by atoms with Crippen molar-refractivity contribution < 1.29 is 0 Å². The lowest BCUT2D eigenvalue weighted by Crippen LogP contribution is -2.28. The Morgan fingerprint density at radius 2 is 1.73 bits per heavy atom. The van der Waals surface area contributed by atoms with Crippen molar-refractivity contribution >= 4 is 5.69 Å². The summed E-state index contributed by atoms with van der Waals surface area (Å²) in [6, 6.07) is 9.80. The molecule has 0 unspecified atom stereocenters. The molecule has 0 saturated heterocycles. The minimum atomic E-state index is 0.775. The Labute approximate surface area is 93.1 Å². The third kappa shape index (κ3) is 2.34. The van der Waals surface area contributed by atoms with Gasteiger partial charge in [0.15, 0.2) is 0 Å². The summed E-state index contributed by atoms with van der Waals surface area (Å²) < 4.78 is 0. The van der Waals surface area contributed by atoms with Crippen molar-refractivity contribution in [3.63, 3.8) is 0 Å². The van der Waals surface area contributed by atoms with Crippen LogP contribution in [0.4, 0.5) is 5.69 Å². The number of rotatable bonds is 3. The third-order valence-corrected chi connectivity index (χ3v) is 3.62. The van der Waals surface area contributed by atoms with Crippen LogP contribution in [0.3, 0.4) is 0 Å². The van der Waals surface area contributed by atoms with Gasteiger partial charge in [-0.05, 0) is 37.0 Å². The molecule has 0 aromatic heterocycles. The van der Waals surface area contributed by atoms with Gasteiger partial charge in [-0.15, -0.1) is 0 Å².